The summed E-state index contributed by atoms with van der Waals surface area (Å²) in [7, 11) is 1.61. The predicted molar refractivity (Wildman–Crippen MR) is 91.5 cm³/mol. The van der Waals surface area contributed by atoms with Crippen molar-refractivity contribution in [2.45, 2.75) is 39.2 Å². The van der Waals surface area contributed by atoms with Crippen LogP contribution in [0.2, 0.25) is 0 Å². The summed E-state index contributed by atoms with van der Waals surface area (Å²) >= 11 is 1.43. The molecule has 0 bridgehead atoms. The van der Waals surface area contributed by atoms with E-state index in [0.29, 0.717) is 11.3 Å². The topological polar surface area (TPSA) is 75.6 Å². The van der Waals surface area contributed by atoms with E-state index < -0.39 is 11.5 Å². The molecule has 0 aliphatic rings. The van der Waals surface area contributed by atoms with Gasteiger partial charge in [0, 0.05) is 16.7 Å². The van der Waals surface area contributed by atoms with Crippen molar-refractivity contribution in [3.8, 4) is 5.75 Å². The molecule has 124 valence electrons. The zero-order valence-corrected chi connectivity index (χ0v) is 14.5. The molecule has 6 heteroatoms. The van der Waals surface area contributed by atoms with Gasteiger partial charge < -0.3 is 15.2 Å². The first-order valence-corrected chi connectivity index (χ1v) is 8.16. The second kappa shape index (κ2) is 6.58. The highest BCUT2D eigenvalue weighted by Gasteiger charge is 2.24. The number of methoxy groups -OCH3 is 1. The third kappa shape index (κ3) is 4.01. The fourth-order valence-corrected chi connectivity index (χ4v) is 3.47. The van der Waals surface area contributed by atoms with Crippen LogP contribution in [0.5, 0.6) is 5.75 Å². The van der Waals surface area contributed by atoms with Gasteiger partial charge in [0.15, 0.2) is 0 Å². The molecule has 2 aromatic rings. The number of aryl methyl sites for hydroxylation is 1. The highest BCUT2D eigenvalue weighted by atomic mass is 32.1. The molecule has 0 radical (unpaired) electrons. The van der Waals surface area contributed by atoms with Crippen LogP contribution in [-0.2, 0) is 4.79 Å². The Bertz CT molecular complexity index is 748. The molecule has 0 aliphatic heterocycles. The Morgan fingerprint density at radius 1 is 1.35 bits per heavy atom. The molecular formula is C17H21NO4S. The number of carbonyl (C=O) groups is 2. The molecule has 1 heterocycles. The van der Waals surface area contributed by atoms with Crippen LogP contribution in [0, 0.1) is 6.92 Å². The number of carbonyl (C=O) groups excluding carboxylic acids is 1. The zero-order valence-electron chi connectivity index (χ0n) is 13.7. The summed E-state index contributed by atoms with van der Waals surface area (Å²) < 4.78 is 6.26. The Morgan fingerprint density at radius 2 is 2.04 bits per heavy atom. The third-order valence-corrected chi connectivity index (χ3v) is 5.04. The van der Waals surface area contributed by atoms with Gasteiger partial charge in [0.25, 0.3) is 5.91 Å². The van der Waals surface area contributed by atoms with E-state index in [4.69, 9.17) is 9.84 Å². The Balaban J connectivity index is 2.24. The third-order valence-electron chi connectivity index (χ3n) is 3.77. The molecule has 1 aromatic heterocycles. The number of carboxylic acids is 1. The molecule has 0 fully saturated rings. The van der Waals surface area contributed by atoms with E-state index in [1.54, 1.807) is 7.11 Å². The maximum atomic E-state index is 12.6. The molecule has 2 rings (SSSR count). The number of thiophene rings is 1. The average Bonchev–Trinajstić information content (AvgIpc) is 2.81. The summed E-state index contributed by atoms with van der Waals surface area (Å²) in [6, 6.07) is 5.74. The highest BCUT2D eigenvalue weighted by Crippen LogP contribution is 2.33. The van der Waals surface area contributed by atoms with Gasteiger partial charge in [-0.15, -0.1) is 11.3 Å². The molecule has 0 unspecified atom stereocenters. The minimum Gasteiger partial charge on any atom is -0.497 e. The summed E-state index contributed by atoms with van der Waals surface area (Å²) in [5.41, 5.74) is 0.339. The van der Waals surface area contributed by atoms with Crippen LogP contribution in [0.15, 0.2) is 18.2 Å². The molecule has 0 spiro atoms. The van der Waals surface area contributed by atoms with Crippen molar-refractivity contribution in [1.82, 2.24) is 5.32 Å². The maximum Gasteiger partial charge on any atom is 0.303 e. The summed E-state index contributed by atoms with van der Waals surface area (Å²) in [6.07, 6.45) is 0.404. The number of hydrogen-bond donors (Lipinski definition) is 2. The summed E-state index contributed by atoms with van der Waals surface area (Å²) in [6.45, 7) is 5.58. The molecule has 1 aromatic carbocycles. The normalized spacial score (nSPS) is 11.5. The van der Waals surface area contributed by atoms with E-state index >= 15 is 0 Å². The minimum atomic E-state index is -0.863. The fourth-order valence-electron chi connectivity index (χ4n) is 2.39. The van der Waals surface area contributed by atoms with Crippen molar-refractivity contribution in [2.75, 3.05) is 7.11 Å². The van der Waals surface area contributed by atoms with Crippen LogP contribution in [-0.4, -0.2) is 29.6 Å². The maximum absolute atomic E-state index is 12.6. The highest BCUT2D eigenvalue weighted by molar-refractivity contribution is 7.21. The molecular weight excluding hydrogens is 314 g/mol. The molecule has 5 nitrogen and oxygen atoms in total. The number of rotatable bonds is 6. The number of fused-ring (bicyclic) bond motifs is 1. The van der Waals surface area contributed by atoms with Gasteiger partial charge in [-0.2, -0.15) is 0 Å². The van der Waals surface area contributed by atoms with Crippen LogP contribution in [0.4, 0.5) is 0 Å². The van der Waals surface area contributed by atoms with E-state index in [2.05, 4.69) is 5.32 Å². The Labute approximate surface area is 139 Å². The second-order valence-corrected chi connectivity index (χ2v) is 7.20. The second-order valence-electron chi connectivity index (χ2n) is 6.15. The van der Waals surface area contributed by atoms with E-state index in [1.165, 1.54) is 11.3 Å². The van der Waals surface area contributed by atoms with Crippen molar-refractivity contribution in [3.63, 3.8) is 0 Å². The monoisotopic (exact) mass is 335 g/mol. The molecule has 23 heavy (non-hydrogen) atoms. The lowest BCUT2D eigenvalue weighted by molar-refractivity contribution is -0.137. The van der Waals surface area contributed by atoms with Gasteiger partial charge in [0.2, 0.25) is 0 Å². The smallest absolute Gasteiger partial charge is 0.303 e. The molecule has 1 amide bonds. The predicted octanol–water partition coefficient (Wildman–Crippen LogP) is 3.59. The molecule has 0 atom stereocenters. The molecule has 0 aliphatic carbocycles. The van der Waals surface area contributed by atoms with Gasteiger partial charge in [-0.05, 0) is 56.3 Å². The van der Waals surface area contributed by atoms with Crippen LogP contribution in [0.25, 0.3) is 10.1 Å². The van der Waals surface area contributed by atoms with Crippen molar-refractivity contribution < 1.29 is 19.4 Å². The average molecular weight is 335 g/mol. The van der Waals surface area contributed by atoms with Crippen molar-refractivity contribution in [2.24, 2.45) is 0 Å². The first-order chi connectivity index (χ1) is 10.7. The van der Waals surface area contributed by atoms with Gasteiger partial charge in [-0.1, -0.05) is 0 Å². The number of ether oxygens (including phenoxy) is 1. The van der Waals surface area contributed by atoms with Gasteiger partial charge >= 0.3 is 5.97 Å². The number of aliphatic carboxylic acids is 1. The lowest BCUT2D eigenvalue weighted by atomic mass is 9.98. The SMILES string of the molecule is COc1ccc2sc(C(=O)NC(C)(C)CCC(=O)O)c(C)c2c1. The van der Waals surface area contributed by atoms with E-state index in [-0.39, 0.29) is 12.3 Å². The fraction of sp³-hybridized carbons (Fsp3) is 0.412. The number of hydrogen-bond acceptors (Lipinski definition) is 4. The van der Waals surface area contributed by atoms with Gasteiger partial charge in [-0.25, -0.2) is 0 Å². The summed E-state index contributed by atoms with van der Waals surface area (Å²) in [5, 5.41) is 12.7. The van der Waals surface area contributed by atoms with Gasteiger partial charge in [-0.3, -0.25) is 9.59 Å². The molecule has 2 N–H and O–H groups in total. The van der Waals surface area contributed by atoms with Crippen molar-refractivity contribution in [1.29, 1.82) is 0 Å². The minimum absolute atomic E-state index is 0.0237. The van der Waals surface area contributed by atoms with Crippen LogP contribution < -0.4 is 10.1 Å². The van der Waals surface area contributed by atoms with Gasteiger partial charge in [0.1, 0.15) is 5.75 Å². The number of carboxylic acid groups (broad SMARTS) is 1. The number of benzene rings is 1. The van der Waals surface area contributed by atoms with E-state index in [0.717, 1.165) is 21.4 Å². The first kappa shape index (κ1) is 17.3. The Hall–Kier alpha value is -2.08. The largest absolute Gasteiger partial charge is 0.497 e. The Morgan fingerprint density at radius 3 is 2.65 bits per heavy atom. The lowest BCUT2D eigenvalue weighted by Gasteiger charge is -2.25. The van der Waals surface area contributed by atoms with E-state index in [1.807, 2.05) is 39.0 Å². The summed E-state index contributed by atoms with van der Waals surface area (Å²) in [4.78, 5) is 23.9. The van der Waals surface area contributed by atoms with Crippen molar-refractivity contribution >= 4 is 33.3 Å². The van der Waals surface area contributed by atoms with E-state index in [9.17, 15) is 9.59 Å². The quantitative estimate of drug-likeness (QED) is 0.846. The molecule has 0 saturated heterocycles. The van der Waals surface area contributed by atoms with Crippen LogP contribution >= 0.6 is 11.3 Å². The number of nitrogens with one attached hydrogen (secondary N) is 1. The first-order valence-electron chi connectivity index (χ1n) is 7.35. The zero-order chi connectivity index (χ0) is 17.2. The van der Waals surface area contributed by atoms with Gasteiger partial charge in [0.05, 0.1) is 12.0 Å². The van der Waals surface area contributed by atoms with Crippen LogP contribution in [0.1, 0.15) is 41.9 Å². The molecule has 0 saturated carbocycles. The number of amides is 1. The lowest BCUT2D eigenvalue weighted by Crippen LogP contribution is -2.43. The Kier molecular flexibility index (Phi) is 4.94. The van der Waals surface area contributed by atoms with Crippen LogP contribution in [0.3, 0.4) is 0 Å². The van der Waals surface area contributed by atoms with Crippen molar-refractivity contribution in [3.05, 3.63) is 28.6 Å². The summed E-state index contributed by atoms with van der Waals surface area (Å²) in [5.74, 6) is -0.275. The standard InChI is InChI=1S/C17H21NO4S/c1-10-12-9-11(22-4)5-6-13(12)23-15(10)16(21)18-17(2,3)8-7-14(19)20/h5-6,9H,7-8H2,1-4H3,(H,18,21)(H,19,20).